The first-order valence-electron chi connectivity index (χ1n) is 20.5. The number of halogens is 1. The van der Waals surface area contributed by atoms with Crippen molar-refractivity contribution in [2.45, 2.75) is 44.4 Å². The molecule has 3 fully saturated rings. The van der Waals surface area contributed by atoms with Gasteiger partial charge in [-0.25, -0.2) is 9.97 Å². The molecule has 13 heteroatoms. The third-order valence-corrected chi connectivity index (χ3v) is 12.0. The Balaban J connectivity index is 0.00000166. The summed E-state index contributed by atoms with van der Waals surface area (Å²) in [6.45, 7) is 23.5. The van der Waals surface area contributed by atoms with Crippen LogP contribution in [0.2, 0.25) is 5.02 Å². The quantitative estimate of drug-likeness (QED) is 0.137. The lowest BCUT2D eigenvalue weighted by Gasteiger charge is -2.39. The summed E-state index contributed by atoms with van der Waals surface area (Å²) in [5.74, 6) is 3.04. The molecular formula is C45H59ClN12. The zero-order valence-corrected chi connectivity index (χ0v) is 35.5. The zero-order chi connectivity index (χ0) is 40.9. The summed E-state index contributed by atoms with van der Waals surface area (Å²) in [6.07, 6.45) is 13.7. The Morgan fingerprint density at radius 3 is 2.43 bits per heavy atom. The molecule has 0 amide bonds. The Bertz CT molecular complexity index is 2190. The molecule has 0 aliphatic carbocycles. The predicted molar refractivity (Wildman–Crippen MR) is 242 cm³/mol. The largest absolute Gasteiger partial charge is 0.371 e. The first-order valence-corrected chi connectivity index (χ1v) is 20.9. The van der Waals surface area contributed by atoms with E-state index in [4.69, 9.17) is 26.7 Å². The van der Waals surface area contributed by atoms with Gasteiger partial charge in [-0.1, -0.05) is 37.4 Å². The highest BCUT2D eigenvalue weighted by atomic mass is 35.5. The summed E-state index contributed by atoms with van der Waals surface area (Å²) in [4.78, 5) is 23.7. The molecule has 1 aromatic carbocycles. The second-order valence-corrected chi connectivity index (χ2v) is 16.3. The van der Waals surface area contributed by atoms with E-state index in [0.29, 0.717) is 22.7 Å². The first-order chi connectivity index (χ1) is 28.1. The number of aryl methyl sites for hydroxylation is 1. The van der Waals surface area contributed by atoms with E-state index in [1.54, 1.807) is 6.20 Å². The summed E-state index contributed by atoms with van der Waals surface area (Å²) in [5, 5.41) is 16.2. The fraction of sp³-hybridized carbons (Fsp3) is 0.422. The molecule has 4 aliphatic rings. The van der Waals surface area contributed by atoms with Gasteiger partial charge in [0, 0.05) is 99.6 Å². The van der Waals surface area contributed by atoms with E-state index >= 15 is 0 Å². The number of piperazine rings is 1. The van der Waals surface area contributed by atoms with Crippen LogP contribution in [0.3, 0.4) is 0 Å². The molecule has 7 heterocycles. The van der Waals surface area contributed by atoms with Gasteiger partial charge < -0.3 is 30.7 Å². The summed E-state index contributed by atoms with van der Waals surface area (Å²) < 4.78 is 2.03. The zero-order valence-electron chi connectivity index (χ0n) is 34.7. The maximum atomic E-state index is 6.61. The molecule has 1 unspecified atom stereocenters. The maximum Gasteiger partial charge on any atom is 0.227 e. The number of piperidine rings is 2. The molecule has 3 saturated heterocycles. The molecule has 58 heavy (non-hydrogen) atoms. The van der Waals surface area contributed by atoms with Crippen LogP contribution >= 0.6 is 11.6 Å². The Labute approximate surface area is 349 Å². The average Bonchev–Trinajstić information content (AvgIpc) is 3.55. The van der Waals surface area contributed by atoms with Crippen molar-refractivity contribution >= 4 is 57.5 Å². The molecule has 4 aliphatic heterocycles. The highest BCUT2D eigenvalue weighted by Gasteiger charge is 2.28. The van der Waals surface area contributed by atoms with Crippen molar-refractivity contribution < 1.29 is 0 Å². The smallest absolute Gasteiger partial charge is 0.227 e. The summed E-state index contributed by atoms with van der Waals surface area (Å²) in [6, 6.07) is 8.95. The van der Waals surface area contributed by atoms with Gasteiger partial charge in [-0.05, 0) is 94.5 Å². The number of aromatic nitrogens is 5. The van der Waals surface area contributed by atoms with Crippen LogP contribution in [-0.2, 0) is 7.05 Å². The van der Waals surface area contributed by atoms with Crippen molar-refractivity contribution in [1.82, 2.24) is 40.3 Å². The lowest BCUT2D eigenvalue weighted by molar-refractivity contribution is 0.201. The van der Waals surface area contributed by atoms with Crippen LogP contribution in [0.25, 0.3) is 17.0 Å². The molecule has 3 aromatic heterocycles. The number of anilines is 5. The number of nitrogens with one attached hydrogen (secondary N) is 3. The minimum absolute atomic E-state index is 0.207. The molecule has 8 rings (SSSR count). The second-order valence-electron chi connectivity index (χ2n) is 15.9. The van der Waals surface area contributed by atoms with Crippen LogP contribution in [0.4, 0.5) is 29.0 Å². The first kappa shape index (κ1) is 41.0. The highest BCUT2D eigenvalue weighted by molar-refractivity contribution is 6.32. The molecular weight excluding hydrogens is 744 g/mol. The molecule has 12 nitrogen and oxygen atoms in total. The monoisotopic (exact) mass is 802 g/mol. The maximum absolute atomic E-state index is 6.61. The van der Waals surface area contributed by atoms with Crippen LogP contribution in [0.1, 0.15) is 55.7 Å². The van der Waals surface area contributed by atoms with E-state index in [1.165, 1.54) is 35.0 Å². The molecule has 306 valence electrons. The van der Waals surface area contributed by atoms with Gasteiger partial charge in [-0.3, -0.25) is 9.58 Å². The standard InChI is InChI=1S/C43H52ClN11.C2H7N/c1-7-8-9-32-22-33-23-34(25-45-42(33)51(5)30(32)4)48-41-38(44)26-46-43(49-41)55-20-18-53(19-21-55)27-31-14-16-54(17-15-31)35-11-13-37-39(24-35)52(6)50-40(37)36-12-10-28(2)47-29(36)3;1-3-2/h7,11,13,22-26,31,36,47H,1-4,8-10,12,14-21,27H2,5-6H3,(H,46,48,49);3H,1-2H3. The second kappa shape index (κ2) is 18.2. The van der Waals surface area contributed by atoms with E-state index < -0.39 is 0 Å². The molecule has 0 radical (unpaired) electrons. The Kier molecular flexibility index (Phi) is 12.9. The number of likely N-dealkylation sites (N-methyl/N-ethyl adjacent to an activating group) is 1. The molecule has 0 spiro atoms. The van der Waals surface area contributed by atoms with Crippen LogP contribution in [0, 0.1) is 5.92 Å². The fourth-order valence-corrected chi connectivity index (χ4v) is 8.66. The normalized spacial score (nSPS) is 19.1. The van der Waals surface area contributed by atoms with E-state index in [0.717, 1.165) is 111 Å². The number of pyridine rings is 1. The predicted octanol–water partition coefficient (Wildman–Crippen LogP) is 7.84. The number of fused-ring (bicyclic) bond motifs is 2. The van der Waals surface area contributed by atoms with Crippen LogP contribution in [0.15, 0.2) is 91.7 Å². The number of hydrogen-bond donors (Lipinski definition) is 3. The summed E-state index contributed by atoms with van der Waals surface area (Å²) >= 11 is 6.61. The van der Waals surface area contributed by atoms with Crippen molar-refractivity contribution in [1.29, 1.82) is 0 Å². The van der Waals surface area contributed by atoms with Gasteiger partial charge in [0.25, 0.3) is 0 Å². The number of benzene rings is 1. The van der Waals surface area contributed by atoms with Crippen molar-refractivity contribution in [3.05, 3.63) is 108 Å². The van der Waals surface area contributed by atoms with Crippen molar-refractivity contribution in [2.75, 3.05) is 87.0 Å². The lowest BCUT2D eigenvalue weighted by atomic mass is 9.90. The SMILES string of the molecule is C=CCCC1=Cc2cc(Nc3nc(N4CCN(CC5CCN(c6ccc7c(C8CCC(=C)NC8=C)nn(C)c7c6)CC5)CC4)ncc3Cl)cnc2N(C)C1=C.CNC. The van der Waals surface area contributed by atoms with Crippen LogP contribution < -0.4 is 30.7 Å². The Hall–Kier alpha value is -5.17. The van der Waals surface area contributed by atoms with Gasteiger partial charge >= 0.3 is 0 Å². The van der Waals surface area contributed by atoms with Crippen LogP contribution in [0.5, 0.6) is 0 Å². The molecule has 1 atom stereocenters. The van der Waals surface area contributed by atoms with Crippen molar-refractivity contribution in [2.24, 2.45) is 13.0 Å². The topological polar surface area (TPSA) is 106 Å². The molecule has 4 aromatic rings. The Morgan fingerprint density at radius 2 is 1.71 bits per heavy atom. The molecule has 0 bridgehead atoms. The number of hydrogen-bond acceptors (Lipinski definition) is 11. The van der Waals surface area contributed by atoms with Gasteiger partial charge in [0.05, 0.1) is 29.3 Å². The van der Waals surface area contributed by atoms with E-state index in [-0.39, 0.29) is 5.92 Å². The molecule has 0 saturated carbocycles. The number of allylic oxidation sites excluding steroid dienone is 4. The van der Waals surface area contributed by atoms with Gasteiger partial charge in [0.2, 0.25) is 5.95 Å². The summed E-state index contributed by atoms with van der Waals surface area (Å²) in [5.41, 5.74) is 9.61. The number of rotatable bonds is 10. The summed E-state index contributed by atoms with van der Waals surface area (Å²) in [7, 11) is 7.81. The molecule has 3 N–H and O–H groups in total. The minimum Gasteiger partial charge on any atom is -0.371 e. The van der Waals surface area contributed by atoms with E-state index in [2.05, 4.69) is 99.3 Å². The third kappa shape index (κ3) is 8.94. The van der Waals surface area contributed by atoms with Gasteiger partial charge in [-0.2, -0.15) is 10.1 Å². The van der Waals surface area contributed by atoms with Gasteiger partial charge in [0.1, 0.15) is 10.8 Å². The third-order valence-electron chi connectivity index (χ3n) is 11.8. The van der Waals surface area contributed by atoms with Gasteiger partial charge in [-0.15, -0.1) is 6.58 Å². The van der Waals surface area contributed by atoms with Crippen molar-refractivity contribution in [3.8, 4) is 0 Å². The van der Waals surface area contributed by atoms with E-state index in [1.807, 2.05) is 43.0 Å². The fourth-order valence-electron chi connectivity index (χ4n) is 8.52. The highest BCUT2D eigenvalue weighted by Crippen LogP contribution is 2.38. The lowest BCUT2D eigenvalue weighted by Crippen LogP contribution is -2.49. The minimum atomic E-state index is 0.207. The Morgan fingerprint density at radius 1 is 0.948 bits per heavy atom. The van der Waals surface area contributed by atoms with Crippen LogP contribution in [-0.4, -0.2) is 96.6 Å². The number of nitrogens with zero attached hydrogens (tertiary/aromatic N) is 9. The average molecular weight is 804 g/mol. The van der Waals surface area contributed by atoms with E-state index in [9.17, 15) is 0 Å². The van der Waals surface area contributed by atoms with Crippen molar-refractivity contribution in [3.63, 3.8) is 0 Å². The van der Waals surface area contributed by atoms with Gasteiger partial charge in [0.15, 0.2) is 5.82 Å².